The van der Waals surface area contributed by atoms with Gasteiger partial charge in [0.2, 0.25) is 5.91 Å². The molecule has 1 amide bonds. The molecule has 1 rings (SSSR count). The van der Waals surface area contributed by atoms with Gasteiger partial charge in [0, 0.05) is 13.0 Å². The van der Waals surface area contributed by atoms with E-state index in [1.807, 2.05) is 0 Å². The molecule has 1 unspecified atom stereocenters. The summed E-state index contributed by atoms with van der Waals surface area (Å²) in [6, 6.07) is -0.638. The van der Waals surface area contributed by atoms with Gasteiger partial charge in [0.05, 0.1) is 0 Å². The number of carboxylic acids is 1. The highest BCUT2D eigenvalue weighted by Crippen LogP contribution is 2.18. The average Bonchev–Trinajstić information content (AvgIpc) is 2.25. The van der Waals surface area contributed by atoms with Crippen molar-refractivity contribution in [2.75, 3.05) is 13.1 Å². The van der Waals surface area contributed by atoms with Gasteiger partial charge in [-0.15, -0.1) is 0 Å². The number of carbonyl (C=O) groups excluding carboxylic acids is 1. The molecule has 5 nitrogen and oxygen atoms in total. The first-order valence-corrected chi connectivity index (χ1v) is 6.39. The number of carbonyl (C=O) groups is 2. The largest absolute Gasteiger partial charge is 0.480 e. The Balaban J connectivity index is 2.65. The monoisotopic (exact) mass is 242 g/mol. The molecule has 98 valence electrons. The summed E-state index contributed by atoms with van der Waals surface area (Å²) in [4.78, 5) is 24.7. The van der Waals surface area contributed by atoms with Gasteiger partial charge in [0.25, 0.3) is 0 Å². The summed E-state index contributed by atoms with van der Waals surface area (Å²) >= 11 is 0. The normalized spacial score (nSPS) is 21.7. The van der Waals surface area contributed by atoms with Gasteiger partial charge in [-0.25, -0.2) is 4.79 Å². The predicted molar refractivity (Wildman–Crippen MR) is 64.5 cm³/mol. The third kappa shape index (κ3) is 4.34. The number of carboxylic acid groups (broad SMARTS) is 1. The van der Waals surface area contributed by atoms with Gasteiger partial charge in [-0.1, -0.05) is 19.3 Å². The number of rotatable bonds is 4. The summed E-state index contributed by atoms with van der Waals surface area (Å²) in [5.41, 5.74) is 5.37. The van der Waals surface area contributed by atoms with E-state index in [9.17, 15) is 14.7 Å². The summed E-state index contributed by atoms with van der Waals surface area (Å²) in [5, 5.41) is 9.18. The molecule has 1 saturated heterocycles. The maximum atomic E-state index is 11.9. The van der Waals surface area contributed by atoms with Crippen LogP contribution >= 0.6 is 0 Å². The maximum absolute atomic E-state index is 11.9. The second kappa shape index (κ2) is 7.27. The van der Waals surface area contributed by atoms with Crippen molar-refractivity contribution in [1.82, 2.24) is 4.90 Å². The van der Waals surface area contributed by atoms with Crippen LogP contribution in [0.5, 0.6) is 0 Å². The van der Waals surface area contributed by atoms with Crippen molar-refractivity contribution in [2.45, 2.75) is 51.0 Å². The zero-order chi connectivity index (χ0) is 12.7. The third-order valence-corrected chi connectivity index (χ3v) is 3.20. The molecule has 0 saturated carbocycles. The highest BCUT2D eigenvalue weighted by Gasteiger charge is 2.29. The highest BCUT2D eigenvalue weighted by molar-refractivity contribution is 5.83. The van der Waals surface area contributed by atoms with E-state index in [2.05, 4.69) is 0 Å². The van der Waals surface area contributed by atoms with Gasteiger partial charge in [0.15, 0.2) is 0 Å². The highest BCUT2D eigenvalue weighted by atomic mass is 16.4. The molecule has 0 aromatic rings. The SMILES string of the molecule is NCCCC(=O)N1CCCCCCC1C(=O)O. The molecule has 3 N–H and O–H groups in total. The van der Waals surface area contributed by atoms with Crippen LogP contribution in [0.1, 0.15) is 44.9 Å². The van der Waals surface area contributed by atoms with Crippen LogP contribution in [-0.2, 0) is 9.59 Å². The standard InChI is InChI=1S/C12H22N2O3/c13-8-5-7-11(15)14-9-4-2-1-3-6-10(14)12(16)17/h10H,1-9,13H2,(H,16,17). The van der Waals surface area contributed by atoms with Crippen LogP contribution in [0.3, 0.4) is 0 Å². The Bertz CT molecular complexity index is 268. The Morgan fingerprint density at radius 2 is 1.94 bits per heavy atom. The lowest BCUT2D eigenvalue weighted by Crippen LogP contribution is -2.46. The lowest BCUT2D eigenvalue weighted by molar-refractivity contribution is -0.151. The molecule has 1 heterocycles. The lowest BCUT2D eigenvalue weighted by atomic mass is 10.0. The molecule has 0 aromatic carbocycles. The Labute approximate surface area is 102 Å². The second-order valence-corrected chi connectivity index (χ2v) is 4.54. The van der Waals surface area contributed by atoms with E-state index in [0.29, 0.717) is 32.4 Å². The molecule has 17 heavy (non-hydrogen) atoms. The Hall–Kier alpha value is -1.10. The Morgan fingerprint density at radius 1 is 1.24 bits per heavy atom. The van der Waals surface area contributed by atoms with Gasteiger partial charge in [0.1, 0.15) is 6.04 Å². The van der Waals surface area contributed by atoms with E-state index >= 15 is 0 Å². The smallest absolute Gasteiger partial charge is 0.326 e. The van der Waals surface area contributed by atoms with Crippen molar-refractivity contribution in [2.24, 2.45) is 5.73 Å². The average molecular weight is 242 g/mol. The summed E-state index contributed by atoms with van der Waals surface area (Å²) in [6.07, 6.45) is 5.49. The van der Waals surface area contributed by atoms with Crippen molar-refractivity contribution in [3.63, 3.8) is 0 Å². The van der Waals surface area contributed by atoms with Crippen LogP contribution in [0.25, 0.3) is 0 Å². The minimum Gasteiger partial charge on any atom is -0.480 e. The fourth-order valence-corrected chi connectivity index (χ4v) is 2.24. The minimum absolute atomic E-state index is 0.0650. The minimum atomic E-state index is -0.881. The number of nitrogens with two attached hydrogens (primary N) is 1. The number of amides is 1. The van der Waals surface area contributed by atoms with E-state index in [1.54, 1.807) is 0 Å². The Kier molecular flexibility index (Phi) is 5.97. The van der Waals surface area contributed by atoms with Crippen LogP contribution in [0.4, 0.5) is 0 Å². The second-order valence-electron chi connectivity index (χ2n) is 4.54. The molecule has 1 aliphatic heterocycles. The quantitative estimate of drug-likeness (QED) is 0.769. The molecular formula is C12H22N2O3. The topological polar surface area (TPSA) is 83.6 Å². The summed E-state index contributed by atoms with van der Waals surface area (Å²) < 4.78 is 0. The van der Waals surface area contributed by atoms with Crippen LogP contribution < -0.4 is 5.73 Å². The number of hydrogen-bond acceptors (Lipinski definition) is 3. The lowest BCUT2D eigenvalue weighted by Gasteiger charge is -2.31. The molecule has 1 fully saturated rings. The van der Waals surface area contributed by atoms with Crippen LogP contribution in [0.15, 0.2) is 0 Å². The molecule has 0 spiro atoms. The Morgan fingerprint density at radius 3 is 2.59 bits per heavy atom. The van der Waals surface area contributed by atoms with Gasteiger partial charge in [-0.3, -0.25) is 4.79 Å². The summed E-state index contributed by atoms with van der Waals surface area (Å²) in [5.74, 6) is -0.947. The third-order valence-electron chi connectivity index (χ3n) is 3.20. The van der Waals surface area contributed by atoms with Crippen molar-refractivity contribution in [1.29, 1.82) is 0 Å². The summed E-state index contributed by atoms with van der Waals surface area (Å²) in [6.45, 7) is 1.04. The first-order chi connectivity index (χ1) is 8.16. The van der Waals surface area contributed by atoms with Crippen LogP contribution in [0.2, 0.25) is 0 Å². The van der Waals surface area contributed by atoms with E-state index < -0.39 is 12.0 Å². The van der Waals surface area contributed by atoms with E-state index in [0.717, 1.165) is 25.7 Å². The molecule has 1 aliphatic rings. The number of aliphatic carboxylic acids is 1. The zero-order valence-electron chi connectivity index (χ0n) is 10.2. The van der Waals surface area contributed by atoms with E-state index in [1.165, 1.54) is 4.90 Å². The van der Waals surface area contributed by atoms with E-state index in [-0.39, 0.29) is 5.91 Å². The zero-order valence-corrected chi connectivity index (χ0v) is 10.2. The number of likely N-dealkylation sites (tertiary alicyclic amines) is 1. The first kappa shape index (κ1) is 14.0. The van der Waals surface area contributed by atoms with Gasteiger partial charge < -0.3 is 15.7 Å². The van der Waals surface area contributed by atoms with E-state index in [4.69, 9.17) is 5.73 Å². The maximum Gasteiger partial charge on any atom is 0.326 e. The molecule has 1 atom stereocenters. The molecular weight excluding hydrogens is 220 g/mol. The number of hydrogen-bond donors (Lipinski definition) is 2. The van der Waals surface area contributed by atoms with Crippen molar-refractivity contribution in [3.8, 4) is 0 Å². The van der Waals surface area contributed by atoms with Crippen LogP contribution in [0, 0.1) is 0 Å². The molecule has 5 heteroatoms. The van der Waals surface area contributed by atoms with Crippen molar-refractivity contribution < 1.29 is 14.7 Å². The fraction of sp³-hybridized carbons (Fsp3) is 0.833. The van der Waals surface area contributed by atoms with Gasteiger partial charge in [-0.05, 0) is 25.8 Å². The number of nitrogens with zero attached hydrogens (tertiary/aromatic N) is 1. The van der Waals surface area contributed by atoms with Crippen LogP contribution in [-0.4, -0.2) is 41.0 Å². The molecule has 0 aliphatic carbocycles. The fourth-order valence-electron chi connectivity index (χ4n) is 2.24. The van der Waals surface area contributed by atoms with Gasteiger partial charge in [-0.2, -0.15) is 0 Å². The molecule has 0 radical (unpaired) electrons. The van der Waals surface area contributed by atoms with Crippen molar-refractivity contribution in [3.05, 3.63) is 0 Å². The van der Waals surface area contributed by atoms with Gasteiger partial charge >= 0.3 is 5.97 Å². The van der Waals surface area contributed by atoms with Crippen molar-refractivity contribution >= 4 is 11.9 Å². The predicted octanol–water partition coefficient (Wildman–Crippen LogP) is 0.971. The molecule has 0 bridgehead atoms. The first-order valence-electron chi connectivity index (χ1n) is 6.39. The molecule has 0 aromatic heterocycles. The summed E-state index contributed by atoms with van der Waals surface area (Å²) in [7, 11) is 0.